The van der Waals surface area contributed by atoms with Gasteiger partial charge in [-0.1, -0.05) is 72.5 Å². The maximum absolute atomic E-state index is 14.4. The lowest BCUT2D eigenvalue weighted by Gasteiger charge is -2.30. The smallest absolute Gasteiger partial charge is 0.410 e. The Bertz CT molecular complexity index is 1980. The Morgan fingerprint density at radius 2 is 1.82 bits per heavy atom. The molecule has 1 saturated heterocycles. The van der Waals surface area contributed by atoms with Crippen molar-refractivity contribution in [3.05, 3.63) is 62.3 Å². The summed E-state index contributed by atoms with van der Waals surface area (Å²) in [5.74, 6) is -2.86. The number of sulfonamides is 1. The number of thiophene rings is 1. The predicted molar refractivity (Wildman–Crippen MR) is 205 cm³/mol. The summed E-state index contributed by atoms with van der Waals surface area (Å²) in [4.78, 5) is 71.5. The minimum absolute atomic E-state index is 0.0903. The number of alkyl carbamates (subject to hydrolysis) is 1. The summed E-state index contributed by atoms with van der Waals surface area (Å²) in [5.41, 5.74) is -0.372. The lowest BCUT2D eigenvalue weighted by Crippen LogP contribution is -2.58. The molecule has 6 rings (SSSR count). The van der Waals surface area contributed by atoms with Crippen LogP contribution in [0.2, 0.25) is 8.67 Å². The van der Waals surface area contributed by atoms with Gasteiger partial charge in [0.05, 0.1) is 10.9 Å². The van der Waals surface area contributed by atoms with Crippen molar-refractivity contribution < 1.29 is 41.9 Å². The molecule has 2 fully saturated rings. The highest BCUT2D eigenvalue weighted by Gasteiger charge is 2.62. The highest BCUT2D eigenvalue weighted by Crippen LogP contribution is 2.46. The molecule has 14 nitrogen and oxygen atoms in total. The number of carbonyl (C=O) groups excluding carboxylic acids is 5. The van der Waals surface area contributed by atoms with Crippen LogP contribution in [0, 0.1) is 5.92 Å². The van der Waals surface area contributed by atoms with Crippen molar-refractivity contribution in [2.45, 2.75) is 113 Å². The Labute approximate surface area is 334 Å². The zero-order valence-electron chi connectivity index (χ0n) is 30.8. The van der Waals surface area contributed by atoms with Crippen LogP contribution < -0.4 is 15.4 Å². The molecule has 0 bridgehead atoms. The van der Waals surface area contributed by atoms with Crippen molar-refractivity contribution in [3.8, 4) is 0 Å². The average molecular weight is 839 g/mol. The molecule has 18 heteroatoms. The molecular formula is C37H45Cl2N5O9S2. The number of benzene rings is 1. The SMILES string of the molecule is CC(C)(C)OC(=O)N[C@H]1CCCCC/C=C\[C@H]2C[C@@]2(C(=O)NS(=O)(=O)c2cc(Cl)sc2Cl)NC(=O)[C@@H]2C[C@@H](OC(=O)N3CCc4ccccc4C3)CN2C1=O. The van der Waals surface area contributed by atoms with E-state index < -0.39 is 75.2 Å². The van der Waals surface area contributed by atoms with E-state index in [0.29, 0.717) is 38.8 Å². The molecule has 0 radical (unpaired) electrons. The van der Waals surface area contributed by atoms with Gasteiger partial charge in [-0.25, -0.2) is 22.7 Å². The van der Waals surface area contributed by atoms with E-state index in [0.717, 1.165) is 35.0 Å². The number of allylic oxidation sites excluding steroid dienone is 1. The minimum atomic E-state index is -4.48. The molecule has 3 N–H and O–H groups in total. The van der Waals surface area contributed by atoms with Crippen LogP contribution in [-0.4, -0.2) is 90.5 Å². The number of halogens is 2. The molecule has 1 saturated carbocycles. The van der Waals surface area contributed by atoms with E-state index >= 15 is 0 Å². The number of nitrogens with one attached hydrogen (secondary N) is 3. The van der Waals surface area contributed by atoms with E-state index in [4.69, 9.17) is 32.7 Å². The Morgan fingerprint density at radius 1 is 1.07 bits per heavy atom. The van der Waals surface area contributed by atoms with Gasteiger partial charge in [-0.15, -0.1) is 11.3 Å². The number of hydrogen-bond acceptors (Lipinski definition) is 10. The van der Waals surface area contributed by atoms with Gasteiger partial charge in [-0.3, -0.25) is 14.4 Å². The monoisotopic (exact) mass is 837 g/mol. The van der Waals surface area contributed by atoms with Crippen molar-refractivity contribution >= 4 is 74.5 Å². The van der Waals surface area contributed by atoms with Crippen LogP contribution in [0.4, 0.5) is 9.59 Å². The molecule has 0 spiro atoms. The molecule has 1 aromatic heterocycles. The molecule has 2 aromatic rings. The van der Waals surface area contributed by atoms with Gasteiger partial charge >= 0.3 is 12.2 Å². The van der Waals surface area contributed by atoms with E-state index in [2.05, 4.69) is 15.4 Å². The number of fused-ring (bicyclic) bond motifs is 3. The zero-order valence-corrected chi connectivity index (χ0v) is 33.9. The Hall–Kier alpha value is -3.86. The van der Waals surface area contributed by atoms with Crippen molar-refractivity contribution in [2.75, 3.05) is 13.1 Å². The summed E-state index contributed by atoms with van der Waals surface area (Å²) in [6.07, 6.45) is 4.90. The number of hydrogen-bond donors (Lipinski definition) is 3. The van der Waals surface area contributed by atoms with Crippen LogP contribution >= 0.6 is 34.5 Å². The minimum Gasteiger partial charge on any atom is -0.444 e. The second kappa shape index (κ2) is 16.3. The summed E-state index contributed by atoms with van der Waals surface area (Å²) in [6.45, 7) is 5.71. The molecule has 4 heterocycles. The molecule has 3 aliphatic heterocycles. The predicted octanol–water partition coefficient (Wildman–Crippen LogP) is 5.31. The second-order valence-corrected chi connectivity index (χ2v) is 19.3. The van der Waals surface area contributed by atoms with Gasteiger partial charge in [-0.2, -0.15) is 0 Å². The summed E-state index contributed by atoms with van der Waals surface area (Å²) in [7, 11) is -4.48. The Kier molecular flexibility index (Phi) is 12.1. The molecule has 1 aliphatic carbocycles. The summed E-state index contributed by atoms with van der Waals surface area (Å²) in [6, 6.07) is 6.63. The maximum atomic E-state index is 14.4. The first kappa shape index (κ1) is 40.8. The first-order chi connectivity index (χ1) is 26.0. The van der Waals surface area contributed by atoms with E-state index in [9.17, 15) is 32.4 Å². The van der Waals surface area contributed by atoms with Gasteiger partial charge < -0.3 is 29.9 Å². The van der Waals surface area contributed by atoms with Crippen LogP contribution in [0.5, 0.6) is 0 Å². The summed E-state index contributed by atoms with van der Waals surface area (Å²) >= 11 is 12.9. The molecule has 1 aromatic carbocycles. The first-order valence-electron chi connectivity index (χ1n) is 18.3. The second-order valence-electron chi connectivity index (χ2n) is 15.3. The lowest BCUT2D eigenvalue weighted by molar-refractivity contribution is -0.141. The van der Waals surface area contributed by atoms with Gasteiger partial charge in [0.25, 0.3) is 15.9 Å². The van der Waals surface area contributed by atoms with Gasteiger partial charge in [0.1, 0.15) is 38.6 Å². The fourth-order valence-electron chi connectivity index (χ4n) is 7.26. The zero-order chi connectivity index (χ0) is 39.7. The molecule has 298 valence electrons. The average Bonchev–Trinajstić information content (AvgIpc) is 3.43. The van der Waals surface area contributed by atoms with E-state index in [1.54, 1.807) is 31.7 Å². The third kappa shape index (κ3) is 9.58. The fourth-order valence-corrected chi connectivity index (χ4v) is 10.4. The third-order valence-corrected chi connectivity index (χ3v) is 13.2. The highest BCUT2D eigenvalue weighted by molar-refractivity contribution is 7.90. The van der Waals surface area contributed by atoms with Crippen molar-refractivity contribution in [1.82, 2.24) is 25.2 Å². The Balaban J connectivity index is 1.27. The lowest BCUT2D eigenvalue weighted by atomic mass is 10.0. The maximum Gasteiger partial charge on any atom is 0.410 e. The summed E-state index contributed by atoms with van der Waals surface area (Å²) < 4.78 is 40.0. The van der Waals surface area contributed by atoms with Gasteiger partial charge in [0.15, 0.2) is 0 Å². The quantitative estimate of drug-likeness (QED) is 0.337. The standard InChI is InChI=1S/C37H45Cl2N5O9S2/c1-36(2,3)53-34(48)40-26-14-8-6-4-5-7-13-24-19-37(24,33(47)42-55(50,51)28-18-29(38)54-30(28)39)41-31(45)27-17-25(21-44(27)32(26)46)52-35(49)43-16-15-22-11-9-10-12-23(22)20-43/h7,9-13,18,24-27H,4-6,8,14-17,19-21H2,1-3H3,(H,40,48)(H,41,45)(H,42,47)/b13-7-/t24-,25+,26-,27-,37+/m0/s1. The third-order valence-electron chi connectivity index (χ3n) is 10.1. The first-order valence-corrected chi connectivity index (χ1v) is 21.3. The summed E-state index contributed by atoms with van der Waals surface area (Å²) in [5, 5.41) is 5.47. The number of nitrogens with zero attached hydrogens (tertiary/aromatic N) is 2. The normalized spacial score (nSPS) is 26.6. The van der Waals surface area contributed by atoms with Crippen molar-refractivity contribution in [3.63, 3.8) is 0 Å². The van der Waals surface area contributed by atoms with Gasteiger partial charge in [-0.05, 0) is 70.1 Å². The highest BCUT2D eigenvalue weighted by atomic mass is 35.5. The molecule has 55 heavy (non-hydrogen) atoms. The molecule has 4 aliphatic rings. The van der Waals surface area contributed by atoms with Crippen LogP contribution in [-0.2, 0) is 46.8 Å². The van der Waals surface area contributed by atoms with E-state index in [1.165, 1.54) is 4.90 Å². The van der Waals surface area contributed by atoms with E-state index in [1.807, 2.05) is 30.3 Å². The van der Waals surface area contributed by atoms with Crippen LogP contribution in [0.1, 0.15) is 76.8 Å². The Morgan fingerprint density at radius 3 is 2.53 bits per heavy atom. The largest absolute Gasteiger partial charge is 0.444 e. The number of amides is 5. The van der Waals surface area contributed by atoms with Gasteiger partial charge in [0, 0.05) is 25.4 Å². The topological polar surface area (TPSA) is 181 Å². The number of rotatable bonds is 5. The van der Waals surface area contributed by atoms with Crippen LogP contribution in [0.25, 0.3) is 0 Å². The number of carbonyl (C=O) groups is 5. The van der Waals surface area contributed by atoms with E-state index in [-0.39, 0.29) is 39.4 Å². The van der Waals surface area contributed by atoms with Crippen LogP contribution in [0.3, 0.4) is 0 Å². The van der Waals surface area contributed by atoms with Crippen molar-refractivity contribution in [2.24, 2.45) is 5.92 Å². The van der Waals surface area contributed by atoms with Crippen molar-refractivity contribution in [1.29, 1.82) is 0 Å². The molecule has 5 atom stereocenters. The van der Waals surface area contributed by atoms with Gasteiger partial charge in [0.2, 0.25) is 11.8 Å². The fraction of sp³-hybridized carbons (Fsp3) is 0.541. The molecular weight excluding hydrogens is 793 g/mol. The number of ether oxygens (including phenoxy) is 2. The molecule has 5 amide bonds. The molecule has 0 unspecified atom stereocenters. The van der Waals surface area contributed by atoms with Crippen LogP contribution in [0.15, 0.2) is 47.4 Å².